The van der Waals surface area contributed by atoms with Gasteiger partial charge in [-0.3, -0.25) is 14.9 Å². The average Bonchev–Trinajstić information content (AvgIpc) is 2.43. The molecule has 0 spiro atoms. The molecule has 0 aromatic heterocycles. The van der Waals surface area contributed by atoms with Crippen molar-refractivity contribution in [3.8, 4) is 5.75 Å². The Labute approximate surface area is 110 Å². The lowest BCUT2D eigenvalue weighted by atomic mass is 10.1. The molecule has 0 bridgehead atoms. The Morgan fingerprint density at radius 3 is 2.74 bits per heavy atom. The number of nitrogens with zero attached hydrogens (tertiary/aromatic N) is 1. The number of hydrogen-bond acceptors (Lipinski definition) is 5. The summed E-state index contributed by atoms with van der Waals surface area (Å²) in [5.74, 6) is -0.266. The van der Waals surface area contributed by atoms with Crippen molar-refractivity contribution in [1.29, 1.82) is 0 Å². The Bertz CT molecular complexity index is 471. The summed E-state index contributed by atoms with van der Waals surface area (Å²) in [5.41, 5.74) is -0.119. The Hall–Kier alpha value is -2.15. The van der Waals surface area contributed by atoms with E-state index in [2.05, 4.69) is 5.32 Å². The Morgan fingerprint density at radius 1 is 1.58 bits per heavy atom. The van der Waals surface area contributed by atoms with E-state index in [1.54, 1.807) is 0 Å². The molecule has 0 saturated carbocycles. The SMILES string of the molecule is CCC(CO)NC(=O)c1cc([N+](=O)[O-])ccc1OC. The number of nitro groups is 1. The van der Waals surface area contributed by atoms with Gasteiger partial charge in [0.2, 0.25) is 0 Å². The standard InChI is InChI=1S/C12H16N2O5/c1-3-8(7-15)13-12(16)10-6-9(14(17)18)4-5-11(10)19-2/h4-6,8,15H,3,7H2,1-2H3,(H,13,16). The molecular weight excluding hydrogens is 252 g/mol. The van der Waals surface area contributed by atoms with E-state index in [0.29, 0.717) is 6.42 Å². The molecule has 19 heavy (non-hydrogen) atoms. The molecule has 1 unspecified atom stereocenters. The molecule has 0 aliphatic rings. The van der Waals surface area contributed by atoms with Gasteiger partial charge in [-0.1, -0.05) is 6.92 Å². The van der Waals surface area contributed by atoms with Gasteiger partial charge in [-0.05, 0) is 12.5 Å². The summed E-state index contributed by atoms with van der Waals surface area (Å²) in [6, 6.07) is 3.39. The minimum absolute atomic E-state index is 0.0728. The molecule has 1 aromatic carbocycles. The topological polar surface area (TPSA) is 102 Å². The molecule has 0 fully saturated rings. The molecule has 0 heterocycles. The average molecular weight is 268 g/mol. The fourth-order valence-corrected chi connectivity index (χ4v) is 1.53. The van der Waals surface area contributed by atoms with E-state index in [4.69, 9.17) is 9.84 Å². The van der Waals surface area contributed by atoms with Crippen LogP contribution in [-0.2, 0) is 0 Å². The number of rotatable bonds is 6. The highest BCUT2D eigenvalue weighted by molar-refractivity contribution is 5.97. The zero-order chi connectivity index (χ0) is 14.4. The predicted molar refractivity (Wildman–Crippen MR) is 68.3 cm³/mol. The second-order valence-electron chi connectivity index (χ2n) is 3.90. The molecule has 1 rings (SSSR count). The molecule has 1 amide bonds. The van der Waals surface area contributed by atoms with Gasteiger partial charge >= 0.3 is 0 Å². The van der Waals surface area contributed by atoms with Crippen LogP contribution in [0, 0.1) is 10.1 Å². The van der Waals surface area contributed by atoms with E-state index in [9.17, 15) is 14.9 Å². The summed E-state index contributed by atoms with van der Waals surface area (Å²) in [4.78, 5) is 22.1. The molecule has 1 atom stereocenters. The van der Waals surface area contributed by atoms with Gasteiger partial charge in [0.1, 0.15) is 5.75 Å². The normalized spacial score (nSPS) is 11.7. The molecule has 1 aromatic rings. The van der Waals surface area contributed by atoms with Crippen LogP contribution in [0.1, 0.15) is 23.7 Å². The summed E-state index contributed by atoms with van der Waals surface area (Å²) < 4.78 is 5.00. The van der Waals surface area contributed by atoms with Crippen LogP contribution >= 0.6 is 0 Å². The van der Waals surface area contributed by atoms with E-state index >= 15 is 0 Å². The van der Waals surface area contributed by atoms with Crippen LogP contribution in [0.25, 0.3) is 0 Å². The minimum Gasteiger partial charge on any atom is -0.496 e. The lowest BCUT2D eigenvalue weighted by Gasteiger charge is -2.15. The van der Waals surface area contributed by atoms with E-state index in [0.717, 1.165) is 6.07 Å². The molecule has 0 saturated heterocycles. The summed E-state index contributed by atoms with van der Waals surface area (Å²) >= 11 is 0. The van der Waals surface area contributed by atoms with Crippen LogP contribution in [-0.4, -0.2) is 35.7 Å². The summed E-state index contributed by atoms with van der Waals surface area (Å²) in [6.45, 7) is 1.62. The van der Waals surface area contributed by atoms with Crippen molar-refractivity contribution in [1.82, 2.24) is 5.32 Å². The van der Waals surface area contributed by atoms with E-state index in [-0.39, 0.29) is 23.6 Å². The van der Waals surface area contributed by atoms with Gasteiger partial charge in [-0.25, -0.2) is 0 Å². The number of aliphatic hydroxyl groups is 1. The van der Waals surface area contributed by atoms with Gasteiger partial charge in [0, 0.05) is 12.1 Å². The Balaban J connectivity index is 3.05. The lowest BCUT2D eigenvalue weighted by molar-refractivity contribution is -0.384. The van der Waals surface area contributed by atoms with E-state index < -0.39 is 16.9 Å². The minimum atomic E-state index is -0.584. The number of nitrogens with one attached hydrogen (secondary N) is 1. The van der Waals surface area contributed by atoms with Crippen LogP contribution < -0.4 is 10.1 Å². The number of carbonyl (C=O) groups excluding carboxylic acids is 1. The maximum Gasteiger partial charge on any atom is 0.270 e. The molecule has 7 heteroatoms. The summed E-state index contributed by atoms with van der Waals surface area (Å²) in [5, 5.41) is 22.3. The maximum atomic E-state index is 12.0. The Kier molecular flexibility index (Phi) is 5.25. The number of nitro benzene ring substituents is 1. The van der Waals surface area contributed by atoms with Gasteiger partial charge in [0.05, 0.1) is 30.2 Å². The van der Waals surface area contributed by atoms with Crippen LogP contribution in [0.15, 0.2) is 18.2 Å². The van der Waals surface area contributed by atoms with Crippen molar-refractivity contribution < 1.29 is 19.6 Å². The van der Waals surface area contributed by atoms with Crippen LogP contribution in [0.4, 0.5) is 5.69 Å². The van der Waals surface area contributed by atoms with E-state index in [1.807, 2.05) is 6.92 Å². The van der Waals surface area contributed by atoms with Crippen LogP contribution in [0.5, 0.6) is 5.75 Å². The van der Waals surface area contributed by atoms with Gasteiger partial charge in [0.15, 0.2) is 0 Å². The number of amides is 1. The highest BCUT2D eigenvalue weighted by Crippen LogP contribution is 2.24. The van der Waals surface area contributed by atoms with Gasteiger partial charge in [0.25, 0.3) is 11.6 Å². The van der Waals surface area contributed by atoms with Crippen molar-refractivity contribution in [2.24, 2.45) is 0 Å². The molecule has 2 N–H and O–H groups in total. The second kappa shape index (κ2) is 6.69. The molecule has 7 nitrogen and oxygen atoms in total. The van der Waals surface area contributed by atoms with Crippen molar-refractivity contribution >= 4 is 11.6 Å². The monoisotopic (exact) mass is 268 g/mol. The first-order chi connectivity index (χ1) is 9.03. The van der Waals surface area contributed by atoms with Crippen molar-refractivity contribution in [3.63, 3.8) is 0 Å². The van der Waals surface area contributed by atoms with Crippen molar-refractivity contribution in [2.75, 3.05) is 13.7 Å². The second-order valence-corrected chi connectivity index (χ2v) is 3.90. The maximum absolute atomic E-state index is 12.0. The number of non-ortho nitro benzene ring substituents is 1. The van der Waals surface area contributed by atoms with Crippen LogP contribution in [0.2, 0.25) is 0 Å². The number of aliphatic hydroxyl groups excluding tert-OH is 1. The largest absolute Gasteiger partial charge is 0.496 e. The lowest BCUT2D eigenvalue weighted by Crippen LogP contribution is -2.37. The highest BCUT2D eigenvalue weighted by atomic mass is 16.6. The third kappa shape index (κ3) is 3.65. The molecule has 0 aliphatic heterocycles. The Morgan fingerprint density at radius 2 is 2.26 bits per heavy atom. The quantitative estimate of drug-likeness (QED) is 0.594. The van der Waals surface area contributed by atoms with Crippen molar-refractivity contribution in [2.45, 2.75) is 19.4 Å². The van der Waals surface area contributed by atoms with Gasteiger partial charge in [-0.15, -0.1) is 0 Å². The smallest absolute Gasteiger partial charge is 0.270 e. The molecule has 104 valence electrons. The van der Waals surface area contributed by atoms with Gasteiger partial charge in [-0.2, -0.15) is 0 Å². The summed E-state index contributed by atoms with van der Waals surface area (Å²) in [6.07, 6.45) is 0.555. The fraction of sp³-hybridized carbons (Fsp3) is 0.417. The zero-order valence-corrected chi connectivity index (χ0v) is 10.8. The first-order valence-electron chi connectivity index (χ1n) is 5.77. The molecular formula is C12H16N2O5. The number of hydrogen-bond donors (Lipinski definition) is 2. The third-order valence-electron chi connectivity index (χ3n) is 2.69. The van der Waals surface area contributed by atoms with Crippen molar-refractivity contribution in [3.05, 3.63) is 33.9 Å². The summed E-state index contributed by atoms with van der Waals surface area (Å²) in [7, 11) is 1.38. The van der Waals surface area contributed by atoms with Gasteiger partial charge < -0.3 is 15.2 Å². The third-order valence-corrected chi connectivity index (χ3v) is 2.69. The molecule has 0 aliphatic carbocycles. The molecule has 0 radical (unpaired) electrons. The number of methoxy groups -OCH3 is 1. The first-order valence-corrected chi connectivity index (χ1v) is 5.77. The van der Waals surface area contributed by atoms with Crippen LogP contribution in [0.3, 0.4) is 0 Å². The fourth-order valence-electron chi connectivity index (χ4n) is 1.53. The predicted octanol–water partition coefficient (Wildman–Crippen LogP) is 1.10. The highest BCUT2D eigenvalue weighted by Gasteiger charge is 2.19. The number of ether oxygens (including phenoxy) is 1. The zero-order valence-electron chi connectivity index (χ0n) is 10.8. The van der Waals surface area contributed by atoms with E-state index in [1.165, 1.54) is 19.2 Å². The number of benzene rings is 1. The first kappa shape index (κ1) is 14.9. The number of carbonyl (C=O) groups is 1.